The lowest BCUT2D eigenvalue weighted by atomic mass is 10.2. The molecule has 6 heteroatoms. The molecule has 116 valence electrons. The molecule has 1 aromatic heterocycles. The van der Waals surface area contributed by atoms with Crippen LogP contribution in [0, 0.1) is 6.92 Å². The van der Waals surface area contributed by atoms with Crippen LogP contribution in [-0.2, 0) is 6.54 Å². The van der Waals surface area contributed by atoms with E-state index in [1.165, 1.54) is 18.4 Å². The molecule has 1 rings (SSSR count). The van der Waals surface area contributed by atoms with E-state index < -0.39 is 0 Å². The highest BCUT2D eigenvalue weighted by Crippen LogP contribution is 1.94. The van der Waals surface area contributed by atoms with Crippen molar-refractivity contribution in [2.45, 2.75) is 46.6 Å². The van der Waals surface area contributed by atoms with Crippen LogP contribution in [0.25, 0.3) is 0 Å². The third-order valence-corrected chi connectivity index (χ3v) is 2.77. The molecule has 0 spiro atoms. The van der Waals surface area contributed by atoms with Crippen molar-refractivity contribution in [1.29, 1.82) is 0 Å². The van der Waals surface area contributed by atoms with Crippen molar-refractivity contribution < 1.29 is 0 Å². The third kappa shape index (κ3) is 8.39. The summed E-state index contributed by atoms with van der Waals surface area (Å²) in [6.07, 6.45) is 7.57. The number of halogens is 1. The second-order valence-corrected chi connectivity index (χ2v) is 4.68. The van der Waals surface area contributed by atoms with Crippen molar-refractivity contribution in [1.82, 2.24) is 20.4 Å². The summed E-state index contributed by atoms with van der Waals surface area (Å²) in [5, 5.41) is 10.9. The highest BCUT2D eigenvalue weighted by Gasteiger charge is 1.97. The van der Waals surface area contributed by atoms with Crippen molar-refractivity contribution >= 4 is 29.9 Å². The van der Waals surface area contributed by atoms with Gasteiger partial charge in [0.1, 0.15) is 0 Å². The highest BCUT2D eigenvalue weighted by atomic mass is 127. The first-order chi connectivity index (χ1) is 9.26. The summed E-state index contributed by atoms with van der Waals surface area (Å²) in [6, 6.07) is 0. The Morgan fingerprint density at radius 3 is 2.70 bits per heavy atom. The molecule has 0 fully saturated rings. The quantitative estimate of drug-likeness (QED) is 0.309. The maximum absolute atomic E-state index is 4.55. The van der Waals surface area contributed by atoms with Gasteiger partial charge in [-0.15, -0.1) is 24.0 Å². The molecule has 1 heterocycles. The van der Waals surface area contributed by atoms with E-state index in [0.717, 1.165) is 38.6 Å². The highest BCUT2D eigenvalue weighted by molar-refractivity contribution is 14.0. The van der Waals surface area contributed by atoms with Gasteiger partial charge in [0.05, 0.1) is 12.7 Å². The molecular formula is C14H28IN5. The molecule has 0 aliphatic heterocycles. The summed E-state index contributed by atoms with van der Waals surface area (Å²) < 4.78 is 1.95. The monoisotopic (exact) mass is 393 g/mol. The molecule has 1 aromatic rings. The molecule has 0 aliphatic carbocycles. The average Bonchev–Trinajstić information content (AvgIpc) is 2.80. The molecule has 2 N–H and O–H groups in total. The van der Waals surface area contributed by atoms with Crippen LogP contribution in [0.15, 0.2) is 17.4 Å². The zero-order chi connectivity index (χ0) is 13.9. The fourth-order valence-corrected chi connectivity index (χ4v) is 1.77. The van der Waals surface area contributed by atoms with E-state index in [0.29, 0.717) is 0 Å². The Labute approximate surface area is 139 Å². The molecule has 0 radical (unpaired) electrons. The van der Waals surface area contributed by atoms with E-state index >= 15 is 0 Å². The van der Waals surface area contributed by atoms with Gasteiger partial charge in [-0.3, -0.25) is 9.67 Å². The number of hydrogen-bond acceptors (Lipinski definition) is 2. The fraction of sp³-hybridized carbons (Fsp3) is 0.714. The van der Waals surface area contributed by atoms with Crippen LogP contribution in [-0.4, -0.2) is 35.4 Å². The molecule has 20 heavy (non-hydrogen) atoms. The number of hydrogen-bond donors (Lipinski definition) is 2. The van der Waals surface area contributed by atoms with Gasteiger partial charge in [-0.25, -0.2) is 0 Å². The van der Waals surface area contributed by atoms with Crippen LogP contribution >= 0.6 is 24.0 Å². The minimum Gasteiger partial charge on any atom is -0.357 e. The van der Waals surface area contributed by atoms with Crippen molar-refractivity contribution in [2.75, 3.05) is 19.6 Å². The van der Waals surface area contributed by atoms with Crippen LogP contribution in [0.4, 0.5) is 0 Å². The van der Waals surface area contributed by atoms with E-state index in [1.807, 2.05) is 17.1 Å². The van der Waals surface area contributed by atoms with Crippen molar-refractivity contribution in [3.05, 3.63) is 18.0 Å². The van der Waals surface area contributed by atoms with Crippen LogP contribution in [0.2, 0.25) is 0 Å². The van der Waals surface area contributed by atoms with Crippen molar-refractivity contribution in [2.24, 2.45) is 4.99 Å². The molecular weight excluding hydrogens is 365 g/mol. The third-order valence-electron chi connectivity index (χ3n) is 2.77. The topological polar surface area (TPSA) is 54.2 Å². The Balaban J connectivity index is 0.00000361. The predicted octanol–water partition coefficient (Wildman–Crippen LogP) is 2.55. The fourth-order valence-electron chi connectivity index (χ4n) is 1.77. The summed E-state index contributed by atoms with van der Waals surface area (Å²) in [5.41, 5.74) is 1.19. The van der Waals surface area contributed by atoms with Crippen LogP contribution in [0.3, 0.4) is 0 Å². The van der Waals surface area contributed by atoms with Gasteiger partial charge < -0.3 is 10.6 Å². The molecule has 5 nitrogen and oxygen atoms in total. The molecule has 0 aromatic carbocycles. The van der Waals surface area contributed by atoms with Crippen molar-refractivity contribution in [3.8, 4) is 0 Å². The minimum atomic E-state index is 0. The van der Waals surface area contributed by atoms with Gasteiger partial charge in [0.2, 0.25) is 0 Å². The number of nitrogens with one attached hydrogen (secondary N) is 2. The summed E-state index contributed by atoms with van der Waals surface area (Å²) in [5.74, 6) is 0.905. The van der Waals surface area contributed by atoms with E-state index in [1.54, 1.807) is 0 Å². The lowest BCUT2D eigenvalue weighted by Gasteiger charge is -2.11. The summed E-state index contributed by atoms with van der Waals surface area (Å²) in [4.78, 5) is 4.55. The zero-order valence-electron chi connectivity index (χ0n) is 12.9. The van der Waals surface area contributed by atoms with Crippen molar-refractivity contribution in [3.63, 3.8) is 0 Å². The van der Waals surface area contributed by atoms with Gasteiger partial charge in [0, 0.05) is 25.8 Å². The molecule has 0 aliphatic rings. The number of unbranched alkanes of at least 4 members (excludes halogenated alkanes) is 2. The van der Waals surface area contributed by atoms with Gasteiger partial charge in [-0.05, 0) is 25.8 Å². The standard InChI is InChI=1S/C14H27N5.HI/c1-4-6-7-8-16-14(15-5-2)17-9-10-19-12-13(3)11-18-19;/h11-12H,4-10H2,1-3H3,(H2,15,16,17);1H. The average molecular weight is 393 g/mol. The van der Waals surface area contributed by atoms with Crippen LogP contribution in [0.5, 0.6) is 0 Å². The maximum Gasteiger partial charge on any atom is 0.191 e. The second-order valence-electron chi connectivity index (χ2n) is 4.68. The lowest BCUT2D eigenvalue weighted by molar-refractivity contribution is 0.597. The summed E-state index contributed by atoms with van der Waals surface area (Å²) in [6.45, 7) is 9.81. The van der Waals surface area contributed by atoms with E-state index in [2.05, 4.69) is 41.5 Å². The van der Waals surface area contributed by atoms with Gasteiger partial charge >= 0.3 is 0 Å². The summed E-state index contributed by atoms with van der Waals surface area (Å²) >= 11 is 0. The zero-order valence-corrected chi connectivity index (χ0v) is 15.2. The Morgan fingerprint density at radius 1 is 1.30 bits per heavy atom. The van der Waals surface area contributed by atoms with E-state index in [9.17, 15) is 0 Å². The van der Waals surface area contributed by atoms with Crippen LogP contribution < -0.4 is 10.6 Å². The van der Waals surface area contributed by atoms with Gasteiger partial charge in [-0.2, -0.15) is 5.10 Å². The molecule has 0 saturated heterocycles. The molecule has 0 saturated carbocycles. The first kappa shape index (κ1) is 19.2. The smallest absolute Gasteiger partial charge is 0.191 e. The molecule has 0 amide bonds. The van der Waals surface area contributed by atoms with E-state index in [4.69, 9.17) is 0 Å². The van der Waals surface area contributed by atoms with Gasteiger partial charge in [0.25, 0.3) is 0 Å². The Kier molecular flexibility index (Phi) is 11.5. The molecule has 0 atom stereocenters. The maximum atomic E-state index is 4.55. The van der Waals surface area contributed by atoms with Crippen LogP contribution in [0.1, 0.15) is 38.7 Å². The Hall–Kier alpha value is -0.790. The molecule has 0 unspecified atom stereocenters. The largest absolute Gasteiger partial charge is 0.357 e. The number of aliphatic imine (C=N–C) groups is 1. The first-order valence-electron chi connectivity index (χ1n) is 7.27. The minimum absolute atomic E-state index is 0. The van der Waals surface area contributed by atoms with Gasteiger partial charge in [0.15, 0.2) is 5.96 Å². The van der Waals surface area contributed by atoms with E-state index in [-0.39, 0.29) is 24.0 Å². The Bertz CT molecular complexity index is 375. The number of rotatable bonds is 8. The second kappa shape index (κ2) is 12.0. The summed E-state index contributed by atoms with van der Waals surface area (Å²) in [7, 11) is 0. The van der Waals surface area contributed by atoms with Gasteiger partial charge in [-0.1, -0.05) is 19.8 Å². The Morgan fingerprint density at radius 2 is 2.10 bits per heavy atom. The predicted molar refractivity (Wildman–Crippen MR) is 95.9 cm³/mol. The SMILES string of the molecule is CCCCCN=C(NCC)NCCn1cc(C)cn1.I. The number of aryl methyl sites for hydroxylation is 1. The number of aromatic nitrogens is 2. The normalized spacial score (nSPS) is 11.1. The lowest BCUT2D eigenvalue weighted by Crippen LogP contribution is -2.39. The number of nitrogens with zero attached hydrogens (tertiary/aromatic N) is 3. The molecule has 0 bridgehead atoms. The first-order valence-corrected chi connectivity index (χ1v) is 7.27. The number of guanidine groups is 1.